The molecule has 2 rings (SSSR count). The third kappa shape index (κ3) is 0.870. The maximum atomic E-state index is 4.46. The van der Waals surface area contributed by atoms with Crippen molar-refractivity contribution in [1.29, 1.82) is 0 Å². The van der Waals surface area contributed by atoms with E-state index in [-0.39, 0.29) is 0 Å². The minimum atomic E-state index is 0.463. The van der Waals surface area contributed by atoms with E-state index in [2.05, 4.69) is 24.2 Å². The normalized spacial score (nSPS) is 21.0. The van der Waals surface area contributed by atoms with E-state index < -0.39 is 0 Å². The Morgan fingerprint density at radius 3 is 2.70 bits per heavy atom. The van der Waals surface area contributed by atoms with Gasteiger partial charge in [0, 0.05) is 10.8 Å². The quantitative estimate of drug-likeness (QED) is 0.604. The highest BCUT2D eigenvalue weighted by atomic mass is 32.1. The zero-order valence-electron chi connectivity index (χ0n) is 6.35. The smallest absolute Gasteiger partial charge is 0.0897 e. The van der Waals surface area contributed by atoms with Crippen molar-refractivity contribution in [3.05, 3.63) is 16.1 Å². The van der Waals surface area contributed by atoms with Crippen molar-refractivity contribution in [2.45, 2.75) is 32.1 Å². The monoisotopic (exact) mass is 153 g/mol. The molecule has 0 aromatic carbocycles. The summed E-state index contributed by atoms with van der Waals surface area (Å²) >= 11 is 1.76. The summed E-state index contributed by atoms with van der Waals surface area (Å²) in [6.07, 6.45) is 2.66. The molecule has 2 heteroatoms. The van der Waals surface area contributed by atoms with Crippen LogP contribution in [0.2, 0.25) is 0 Å². The lowest BCUT2D eigenvalue weighted by atomic mass is 10.1. The van der Waals surface area contributed by atoms with Crippen LogP contribution in [0.15, 0.2) is 5.38 Å². The van der Waals surface area contributed by atoms with E-state index in [1.54, 1.807) is 11.3 Å². The van der Waals surface area contributed by atoms with Gasteiger partial charge in [-0.15, -0.1) is 11.3 Å². The Kier molecular flexibility index (Phi) is 1.15. The van der Waals surface area contributed by atoms with Gasteiger partial charge < -0.3 is 0 Å². The topological polar surface area (TPSA) is 12.9 Å². The number of hydrogen-bond acceptors (Lipinski definition) is 2. The van der Waals surface area contributed by atoms with Gasteiger partial charge in [-0.1, -0.05) is 6.92 Å². The Hall–Kier alpha value is -0.370. The van der Waals surface area contributed by atoms with E-state index in [9.17, 15) is 0 Å². The molecule has 1 nitrogen and oxygen atoms in total. The van der Waals surface area contributed by atoms with E-state index in [1.165, 1.54) is 23.5 Å². The van der Waals surface area contributed by atoms with Crippen molar-refractivity contribution in [1.82, 2.24) is 4.98 Å². The summed E-state index contributed by atoms with van der Waals surface area (Å²) in [4.78, 5) is 4.46. The van der Waals surface area contributed by atoms with E-state index in [0.29, 0.717) is 5.41 Å². The average molecular weight is 153 g/mol. The van der Waals surface area contributed by atoms with Crippen LogP contribution in [0.3, 0.4) is 0 Å². The molecule has 1 aliphatic rings. The van der Waals surface area contributed by atoms with Crippen LogP contribution < -0.4 is 0 Å². The summed E-state index contributed by atoms with van der Waals surface area (Å²) in [5.74, 6) is 0. The highest BCUT2D eigenvalue weighted by molar-refractivity contribution is 7.09. The van der Waals surface area contributed by atoms with Crippen LogP contribution in [0.5, 0.6) is 0 Å². The molecule has 10 heavy (non-hydrogen) atoms. The molecule has 1 saturated carbocycles. The Balaban J connectivity index is 2.34. The van der Waals surface area contributed by atoms with Gasteiger partial charge in [0.2, 0.25) is 0 Å². The van der Waals surface area contributed by atoms with Gasteiger partial charge in [-0.3, -0.25) is 0 Å². The molecule has 0 amide bonds. The summed E-state index contributed by atoms with van der Waals surface area (Å²) in [5.41, 5.74) is 1.78. The average Bonchev–Trinajstić information content (AvgIpc) is 2.45. The fourth-order valence-corrected chi connectivity index (χ4v) is 1.85. The predicted octanol–water partition coefficient (Wildman–Crippen LogP) is 2.50. The van der Waals surface area contributed by atoms with Crippen LogP contribution >= 0.6 is 11.3 Å². The fraction of sp³-hybridized carbons (Fsp3) is 0.625. The van der Waals surface area contributed by atoms with Crippen LogP contribution in [-0.4, -0.2) is 4.98 Å². The second-order valence-electron chi connectivity index (χ2n) is 3.31. The molecule has 0 bridgehead atoms. The van der Waals surface area contributed by atoms with Gasteiger partial charge in [0.25, 0.3) is 0 Å². The molecule has 0 atom stereocenters. The molecular weight excluding hydrogens is 142 g/mol. The molecule has 0 unspecified atom stereocenters. The van der Waals surface area contributed by atoms with Crippen LogP contribution in [0.1, 0.15) is 30.5 Å². The number of thiazole rings is 1. The van der Waals surface area contributed by atoms with Crippen LogP contribution in [0.4, 0.5) is 0 Å². The maximum Gasteiger partial charge on any atom is 0.0897 e. The molecule has 1 fully saturated rings. The first kappa shape index (κ1) is 6.35. The summed E-state index contributed by atoms with van der Waals surface area (Å²) in [6.45, 7) is 4.36. The molecule has 1 aromatic heterocycles. The Bertz CT molecular complexity index is 248. The molecule has 0 radical (unpaired) electrons. The van der Waals surface area contributed by atoms with Crippen molar-refractivity contribution in [2.24, 2.45) is 0 Å². The molecule has 0 saturated heterocycles. The highest BCUT2D eigenvalue weighted by Gasteiger charge is 2.40. The molecule has 1 heterocycles. The van der Waals surface area contributed by atoms with Crippen LogP contribution in [0, 0.1) is 6.92 Å². The van der Waals surface area contributed by atoms with Crippen LogP contribution in [-0.2, 0) is 5.41 Å². The first-order valence-corrected chi connectivity index (χ1v) is 4.51. The number of aryl methyl sites for hydroxylation is 1. The summed E-state index contributed by atoms with van der Waals surface area (Å²) in [5, 5.41) is 3.39. The van der Waals surface area contributed by atoms with Gasteiger partial charge in [-0.05, 0) is 19.8 Å². The van der Waals surface area contributed by atoms with Crippen molar-refractivity contribution >= 4 is 11.3 Å². The van der Waals surface area contributed by atoms with Crippen molar-refractivity contribution in [3.63, 3.8) is 0 Å². The number of hydrogen-bond donors (Lipinski definition) is 0. The van der Waals surface area contributed by atoms with Gasteiger partial charge in [0.15, 0.2) is 0 Å². The third-order valence-electron chi connectivity index (χ3n) is 2.24. The SMILES string of the molecule is Cc1nc(C2(C)CC2)cs1. The van der Waals surface area contributed by atoms with E-state index in [1.807, 2.05) is 0 Å². The minimum absolute atomic E-state index is 0.463. The molecule has 54 valence electrons. The van der Waals surface area contributed by atoms with E-state index in [0.717, 1.165) is 0 Å². The first-order chi connectivity index (χ1) is 4.71. The number of rotatable bonds is 1. The fourth-order valence-electron chi connectivity index (χ4n) is 1.08. The molecular formula is C8H11NS. The summed E-state index contributed by atoms with van der Waals surface area (Å²) in [6, 6.07) is 0. The second-order valence-corrected chi connectivity index (χ2v) is 4.37. The summed E-state index contributed by atoms with van der Waals surface area (Å²) in [7, 11) is 0. The molecule has 0 N–H and O–H groups in total. The lowest BCUT2D eigenvalue weighted by Gasteiger charge is -2.00. The Morgan fingerprint density at radius 2 is 2.30 bits per heavy atom. The van der Waals surface area contributed by atoms with Gasteiger partial charge in [-0.25, -0.2) is 4.98 Å². The lowest BCUT2D eigenvalue weighted by Crippen LogP contribution is -1.99. The van der Waals surface area contributed by atoms with Crippen molar-refractivity contribution in [2.75, 3.05) is 0 Å². The van der Waals surface area contributed by atoms with E-state index >= 15 is 0 Å². The molecule has 1 aromatic rings. The largest absolute Gasteiger partial charge is 0.246 e. The Labute approximate surface area is 65.1 Å². The maximum absolute atomic E-state index is 4.46. The predicted molar refractivity (Wildman–Crippen MR) is 43.4 cm³/mol. The van der Waals surface area contributed by atoms with Gasteiger partial charge in [0.05, 0.1) is 10.7 Å². The number of nitrogens with zero attached hydrogens (tertiary/aromatic N) is 1. The Morgan fingerprint density at radius 1 is 1.60 bits per heavy atom. The zero-order valence-corrected chi connectivity index (χ0v) is 7.16. The van der Waals surface area contributed by atoms with Crippen molar-refractivity contribution in [3.8, 4) is 0 Å². The minimum Gasteiger partial charge on any atom is -0.246 e. The summed E-state index contributed by atoms with van der Waals surface area (Å²) < 4.78 is 0. The van der Waals surface area contributed by atoms with Crippen LogP contribution in [0.25, 0.3) is 0 Å². The third-order valence-corrected chi connectivity index (χ3v) is 3.01. The molecule has 1 aliphatic carbocycles. The van der Waals surface area contributed by atoms with Gasteiger partial charge in [0.1, 0.15) is 0 Å². The van der Waals surface area contributed by atoms with E-state index in [4.69, 9.17) is 0 Å². The zero-order chi connectivity index (χ0) is 7.19. The van der Waals surface area contributed by atoms with Crippen molar-refractivity contribution < 1.29 is 0 Å². The standard InChI is InChI=1S/C8H11NS/c1-6-9-7(5-10-6)8(2)3-4-8/h5H,3-4H2,1-2H3. The highest BCUT2D eigenvalue weighted by Crippen LogP contribution is 2.47. The molecule has 0 spiro atoms. The second kappa shape index (κ2) is 1.82. The lowest BCUT2D eigenvalue weighted by molar-refractivity contribution is 0.755. The van der Waals surface area contributed by atoms with Gasteiger partial charge in [-0.2, -0.15) is 0 Å². The molecule has 0 aliphatic heterocycles. The van der Waals surface area contributed by atoms with Gasteiger partial charge >= 0.3 is 0 Å². The number of aromatic nitrogens is 1. The first-order valence-electron chi connectivity index (χ1n) is 3.63.